The number of benzene rings is 2. The number of pyridine rings is 1. The highest BCUT2D eigenvalue weighted by molar-refractivity contribution is 9.10. The molecule has 300 valence electrons. The Morgan fingerprint density at radius 2 is 1.77 bits per heavy atom. The molecule has 0 fully saturated rings. The average molecular weight is 880 g/mol. The molecule has 3 N–H and O–H groups in total. The lowest BCUT2D eigenvalue weighted by Crippen LogP contribution is -2.27. The van der Waals surface area contributed by atoms with Gasteiger partial charge in [-0.2, -0.15) is 13.2 Å². The van der Waals surface area contributed by atoms with Gasteiger partial charge in [-0.3, -0.25) is 9.59 Å². The summed E-state index contributed by atoms with van der Waals surface area (Å²) < 4.78 is 66.6. The molecule has 0 atom stereocenters. The van der Waals surface area contributed by atoms with E-state index in [4.69, 9.17) is 9.47 Å². The molecule has 0 aliphatic rings. The second-order valence-electron chi connectivity index (χ2n) is 13.0. The Morgan fingerprint density at radius 3 is 2.54 bits per heavy atom. The van der Waals surface area contributed by atoms with Crippen molar-refractivity contribution < 1.29 is 31.8 Å². The van der Waals surface area contributed by atoms with Gasteiger partial charge in [0.1, 0.15) is 28.8 Å². The second kappa shape index (κ2) is 20.5. The maximum absolute atomic E-state index is 13.6. The fraction of sp³-hybridized carbons (Fsp3) is 0.385. The van der Waals surface area contributed by atoms with Gasteiger partial charge in [-0.15, -0.1) is 24.0 Å². The Kier molecular flexibility index (Phi) is 15.9. The van der Waals surface area contributed by atoms with Crippen LogP contribution in [0.1, 0.15) is 52.0 Å². The van der Waals surface area contributed by atoms with Gasteiger partial charge >= 0.3 is 6.18 Å². The molecule has 1 amide bonds. The van der Waals surface area contributed by atoms with E-state index < -0.39 is 17.6 Å². The third-order valence-electron chi connectivity index (χ3n) is 8.76. The number of nitrogens with one attached hydrogen (secondary N) is 3. The first-order valence-electron chi connectivity index (χ1n) is 18.0. The van der Waals surface area contributed by atoms with Gasteiger partial charge in [-0.1, -0.05) is 22.0 Å². The van der Waals surface area contributed by atoms with Crippen LogP contribution >= 0.6 is 39.9 Å². The maximum Gasteiger partial charge on any atom is 0.419 e. The minimum Gasteiger partial charge on any atom is -0.489 e. The van der Waals surface area contributed by atoms with Crippen LogP contribution in [0.4, 0.5) is 17.6 Å². The van der Waals surface area contributed by atoms with Gasteiger partial charge < -0.3 is 25.4 Å². The summed E-state index contributed by atoms with van der Waals surface area (Å²) in [7, 11) is 0. The fourth-order valence-corrected chi connectivity index (χ4v) is 7.72. The van der Waals surface area contributed by atoms with Crippen molar-refractivity contribution in [3.05, 3.63) is 108 Å². The molecule has 0 aliphatic carbocycles. The van der Waals surface area contributed by atoms with Crippen molar-refractivity contribution in [1.29, 1.82) is 0 Å². The van der Waals surface area contributed by atoms with E-state index in [9.17, 15) is 27.2 Å². The molecule has 0 unspecified atom stereocenters. The summed E-state index contributed by atoms with van der Waals surface area (Å²) in [5.74, 6) is -0.442. The SMILES string of the molecule is Cc1ccnc(-n2c(S)nc3sc(C)c(CCC(=O)NCCCCNCCOCCNCc4cc(Br)ccc4OCc4ccc(F)c(C(F)(F)F)c4)c3c2=O)c1. The van der Waals surface area contributed by atoms with E-state index in [1.54, 1.807) is 24.4 Å². The Balaban J connectivity index is 0.930. The number of hydrogen-bond donors (Lipinski definition) is 4. The summed E-state index contributed by atoms with van der Waals surface area (Å²) in [6, 6.07) is 11.8. The van der Waals surface area contributed by atoms with Crippen molar-refractivity contribution in [2.45, 2.75) is 64.0 Å². The summed E-state index contributed by atoms with van der Waals surface area (Å²) in [4.78, 5) is 36.7. The first-order chi connectivity index (χ1) is 26.8. The minimum atomic E-state index is -4.79. The molecule has 0 spiro atoms. The molecule has 0 aliphatic heterocycles. The van der Waals surface area contributed by atoms with E-state index in [0.717, 1.165) is 57.6 Å². The number of carbonyl (C=O) groups excluding carboxylic acids is 1. The Hall–Kier alpha value is -3.87. The average Bonchev–Trinajstić information content (AvgIpc) is 3.46. The number of ether oxygens (including phenoxy) is 2. The molecular formula is C39H43BrF4N6O4S2. The van der Waals surface area contributed by atoms with Gasteiger partial charge in [-0.25, -0.2) is 18.9 Å². The van der Waals surface area contributed by atoms with Crippen LogP contribution in [-0.4, -0.2) is 59.8 Å². The van der Waals surface area contributed by atoms with Crippen molar-refractivity contribution in [2.24, 2.45) is 0 Å². The number of rotatable bonds is 20. The van der Waals surface area contributed by atoms with Gasteiger partial charge in [0.15, 0.2) is 5.16 Å². The summed E-state index contributed by atoms with van der Waals surface area (Å²) in [5.41, 5.74) is 1.23. The molecule has 17 heteroatoms. The predicted molar refractivity (Wildman–Crippen MR) is 216 cm³/mol. The Morgan fingerprint density at radius 1 is 1.00 bits per heavy atom. The predicted octanol–water partition coefficient (Wildman–Crippen LogP) is 7.47. The molecule has 56 heavy (non-hydrogen) atoms. The molecular weight excluding hydrogens is 836 g/mol. The van der Waals surface area contributed by atoms with E-state index in [1.807, 2.05) is 26.0 Å². The zero-order valence-corrected chi connectivity index (χ0v) is 34.2. The number of aryl methyl sites for hydroxylation is 3. The first-order valence-corrected chi connectivity index (χ1v) is 20.1. The number of carbonyl (C=O) groups is 1. The number of nitrogens with zero attached hydrogens (tertiary/aromatic N) is 3. The van der Waals surface area contributed by atoms with Gasteiger partial charge in [0, 0.05) is 53.7 Å². The van der Waals surface area contributed by atoms with Crippen molar-refractivity contribution in [3.8, 4) is 11.6 Å². The van der Waals surface area contributed by atoms with Crippen LogP contribution in [0.15, 0.2) is 69.2 Å². The molecule has 0 bridgehead atoms. The zero-order valence-electron chi connectivity index (χ0n) is 30.9. The highest BCUT2D eigenvalue weighted by Crippen LogP contribution is 2.33. The third kappa shape index (κ3) is 12.1. The number of fused-ring (bicyclic) bond motifs is 1. The van der Waals surface area contributed by atoms with Crippen molar-refractivity contribution in [2.75, 3.05) is 39.4 Å². The van der Waals surface area contributed by atoms with Crippen LogP contribution in [0, 0.1) is 19.7 Å². The van der Waals surface area contributed by atoms with Crippen LogP contribution in [0.5, 0.6) is 5.75 Å². The zero-order chi connectivity index (χ0) is 40.2. The highest BCUT2D eigenvalue weighted by atomic mass is 79.9. The highest BCUT2D eigenvalue weighted by Gasteiger charge is 2.34. The van der Waals surface area contributed by atoms with Crippen molar-refractivity contribution in [1.82, 2.24) is 30.5 Å². The third-order valence-corrected chi connectivity index (χ3v) is 10.6. The number of hydrogen-bond acceptors (Lipinski definition) is 10. The largest absolute Gasteiger partial charge is 0.489 e. The van der Waals surface area contributed by atoms with E-state index in [0.29, 0.717) is 67.6 Å². The summed E-state index contributed by atoms with van der Waals surface area (Å²) in [5, 5.41) is 10.4. The smallest absolute Gasteiger partial charge is 0.419 e. The minimum absolute atomic E-state index is 0.0743. The van der Waals surface area contributed by atoms with Crippen molar-refractivity contribution >= 4 is 56.0 Å². The van der Waals surface area contributed by atoms with Gasteiger partial charge in [0.25, 0.3) is 5.56 Å². The fourth-order valence-electron chi connectivity index (χ4n) is 5.89. The van der Waals surface area contributed by atoms with Gasteiger partial charge in [0.2, 0.25) is 5.91 Å². The van der Waals surface area contributed by atoms with E-state index in [1.165, 1.54) is 22.0 Å². The van der Waals surface area contributed by atoms with Crippen LogP contribution in [0.2, 0.25) is 0 Å². The second-order valence-corrected chi connectivity index (χ2v) is 15.5. The molecule has 0 saturated heterocycles. The topological polar surface area (TPSA) is 119 Å². The Labute approximate surface area is 340 Å². The molecule has 3 aromatic heterocycles. The number of amides is 1. The molecule has 10 nitrogen and oxygen atoms in total. The molecule has 3 heterocycles. The number of thiol groups is 1. The van der Waals surface area contributed by atoms with E-state index in [-0.39, 0.29) is 35.2 Å². The maximum atomic E-state index is 13.6. The lowest BCUT2D eigenvalue weighted by molar-refractivity contribution is -0.140. The van der Waals surface area contributed by atoms with E-state index in [2.05, 4.69) is 54.5 Å². The molecule has 0 saturated carbocycles. The van der Waals surface area contributed by atoms with Gasteiger partial charge in [-0.05, 0) is 98.8 Å². The lowest BCUT2D eigenvalue weighted by atomic mass is 10.1. The standard InChI is InChI=1S/C39H43BrF4N6O4S2/c1-24-11-14-47-33(19-24)50-37(52)35-29(25(2)56-36(35)49-38(50)55)7-10-34(51)48-13-4-3-12-45-15-17-53-18-16-46-22-27-21-28(40)6-9-32(27)54-23-26-5-8-31(41)30(20-26)39(42,43)44/h5-6,8-9,11,14,19-21,45-46H,3-4,7,10,12-13,15-18,22-23H2,1-2H3,(H,48,51)(H,49,55). The summed E-state index contributed by atoms with van der Waals surface area (Å²) in [6.45, 7) is 7.72. The molecule has 2 aromatic carbocycles. The number of halogens is 5. The number of thiophene rings is 1. The lowest BCUT2D eigenvalue weighted by Gasteiger charge is -2.14. The molecule has 5 aromatic rings. The number of alkyl halides is 3. The quantitative estimate of drug-likeness (QED) is 0.0276. The number of unbranched alkanes of at least 4 members (excludes halogenated alkanes) is 1. The summed E-state index contributed by atoms with van der Waals surface area (Å²) >= 11 is 9.32. The normalized spacial score (nSPS) is 11.7. The van der Waals surface area contributed by atoms with Crippen LogP contribution in [-0.2, 0) is 35.3 Å². The number of aromatic nitrogens is 3. The van der Waals surface area contributed by atoms with Gasteiger partial charge in [0.05, 0.1) is 24.2 Å². The monoisotopic (exact) mass is 878 g/mol. The molecule has 5 rings (SSSR count). The van der Waals surface area contributed by atoms with Crippen LogP contribution in [0.3, 0.4) is 0 Å². The first kappa shape index (κ1) is 43.3. The molecule has 0 radical (unpaired) electrons. The van der Waals surface area contributed by atoms with Crippen LogP contribution in [0.25, 0.3) is 16.0 Å². The van der Waals surface area contributed by atoms with Crippen LogP contribution < -0.4 is 26.2 Å². The van der Waals surface area contributed by atoms with E-state index >= 15 is 0 Å². The summed E-state index contributed by atoms with van der Waals surface area (Å²) in [6.07, 6.45) is -0.776. The Bertz CT molecular complexity index is 2180. The van der Waals surface area contributed by atoms with Crippen molar-refractivity contribution in [3.63, 3.8) is 0 Å².